The van der Waals surface area contributed by atoms with Crippen molar-refractivity contribution in [2.24, 2.45) is 0 Å². The third-order valence-corrected chi connectivity index (χ3v) is 3.97. The van der Waals surface area contributed by atoms with Gasteiger partial charge < -0.3 is 10.5 Å². The standard InChI is InChI=1S/C12H14N4O3S/c1-19-11-5-4-9(13)7-12(11)20(17,18)15-8-10-3-2-6-14-16-10/h2-7,15H,8,13H2,1H3. The number of nitrogens with two attached hydrogens (primary N) is 1. The van der Waals surface area contributed by atoms with Gasteiger partial charge in [0.15, 0.2) is 0 Å². The zero-order valence-corrected chi connectivity index (χ0v) is 11.6. The molecule has 106 valence electrons. The molecule has 0 unspecified atom stereocenters. The van der Waals surface area contributed by atoms with Gasteiger partial charge in [-0.05, 0) is 30.3 Å². The monoisotopic (exact) mass is 294 g/mol. The van der Waals surface area contributed by atoms with E-state index in [9.17, 15) is 8.42 Å². The number of nitrogen functional groups attached to an aromatic ring is 1. The molecule has 2 rings (SSSR count). The lowest BCUT2D eigenvalue weighted by atomic mass is 10.3. The van der Waals surface area contributed by atoms with E-state index in [0.29, 0.717) is 11.4 Å². The van der Waals surface area contributed by atoms with Crippen molar-refractivity contribution in [1.82, 2.24) is 14.9 Å². The summed E-state index contributed by atoms with van der Waals surface area (Å²) >= 11 is 0. The molecule has 0 spiro atoms. The van der Waals surface area contributed by atoms with Crippen molar-refractivity contribution in [3.63, 3.8) is 0 Å². The normalized spacial score (nSPS) is 11.2. The average molecular weight is 294 g/mol. The van der Waals surface area contributed by atoms with Crippen LogP contribution in [0.25, 0.3) is 0 Å². The zero-order chi connectivity index (χ0) is 14.6. The summed E-state index contributed by atoms with van der Waals surface area (Å²) < 4.78 is 31.9. The van der Waals surface area contributed by atoms with Crippen LogP contribution in [-0.2, 0) is 16.6 Å². The van der Waals surface area contributed by atoms with E-state index < -0.39 is 10.0 Å². The van der Waals surface area contributed by atoms with Crippen LogP contribution in [0.1, 0.15) is 5.69 Å². The van der Waals surface area contributed by atoms with Gasteiger partial charge in [0.1, 0.15) is 10.6 Å². The Morgan fingerprint density at radius 1 is 1.35 bits per heavy atom. The first-order valence-electron chi connectivity index (χ1n) is 5.72. The Bertz CT molecular complexity index is 689. The van der Waals surface area contributed by atoms with Crippen LogP contribution >= 0.6 is 0 Å². The third kappa shape index (κ3) is 3.22. The lowest BCUT2D eigenvalue weighted by Gasteiger charge is -2.11. The third-order valence-electron chi connectivity index (χ3n) is 2.55. The quantitative estimate of drug-likeness (QED) is 0.780. The van der Waals surface area contributed by atoms with Gasteiger partial charge in [-0.15, -0.1) is 0 Å². The molecule has 7 nitrogen and oxygen atoms in total. The molecule has 2 aromatic rings. The number of sulfonamides is 1. The van der Waals surface area contributed by atoms with Crippen LogP contribution in [0.3, 0.4) is 0 Å². The van der Waals surface area contributed by atoms with Crippen LogP contribution in [0.2, 0.25) is 0 Å². The Hall–Kier alpha value is -2.19. The smallest absolute Gasteiger partial charge is 0.244 e. The van der Waals surface area contributed by atoms with Gasteiger partial charge in [-0.25, -0.2) is 13.1 Å². The fourth-order valence-corrected chi connectivity index (χ4v) is 2.78. The first-order valence-corrected chi connectivity index (χ1v) is 7.21. The molecule has 0 aliphatic carbocycles. The molecule has 0 atom stereocenters. The fourth-order valence-electron chi connectivity index (χ4n) is 1.58. The number of nitrogens with one attached hydrogen (secondary N) is 1. The molecule has 0 fully saturated rings. The van der Waals surface area contributed by atoms with Gasteiger partial charge in [0, 0.05) is 11.9 Å². The van der Waals surface area contributed by atoms with Gasteiger partial charge in [0.25, 0.3) is 0 Å². The summed E-state index contributed by atoms with van der Waals surface area (Å²) in [5.41, 5.74) is 6.47. The van der Waals surface area contributed by atoms with Gasteiger partial charge in [0.05, 0.1) is 19.3 Å². The van der Waals surface area contributed by atoms with E-state index in [1.54, 1.807) is 18.2 Å². The summed E-state index contributed by atoms with van der Waals surface area (Å²) in [6, 6.07) is 7.77. The lowest BCUT2D eigenvalue weighted by molar-refractivity contribution is 0.402. The molecule has 0 bridgehead atoms. The number of ether oxygens (including phenoxy) is 1. The van der Waals surface area contributed by atoms with E-state index in [1.807, 2.05) is 0 Å². The summed E-state index contributed by atoms with van der Waals surface area (Å²) in [7, 11) is -2.35. The molecule has 1 heterocycles. The summed E-state index contributed by atoms with van der Waals surface area (Å²) in [5, 5.41) is 7.48. The number of nitrogens with zero attached hydrogens (tertiary/aromatic N) is 2. The van der Waals surface area contributed by atoms with Gasteiger partial charge >= 0.3 is 0 Å². The second-order valence-corrected chi connectivity index (χ2v) is 5.69. The summed E-state index contributed by atoms with van der Waals surface area (Å²) in [6.45, 7) is 0.0358. The molecule has 0 aliphatic heterocycles. The number of anilines is 1. The van der Waals surface area contributed by atoms with E-state index in [-0.39, 0.29) is 17.2 Å². The van der Waals surface area contributed by atoms with Gasteiger partial charge in [-0.1, -0.05) is 0 Å². The lowest BCUT2D eigenvalue weighted by Crippen LogP contribution is -2.24. The highest BCUT2D eigenvalue weighted by atomic mass is 32.2. The molecular weight excluding hydrogens is 280 g/mol. The Balaban J connectivity index is 2.24. The van der Waals surface area contributed by atoms with Crippen molar-refractivity contribution in [2.45, 2.75) is 11.4 Å². The van der Waals surface area contributed by atoms with Gasteiger partial charge in [0.2, 0.25) is 10.0 Å². The molecule has 3 N–H and O–H groups in total. The van der Waals surface area contributed by atoms with Crippen molar-refractivity contribution in [2.75, 3.05) is 12.8 Å². The summed E-state index contributed by atoms with van der Waals surface area (Å²) in [4.78, 5) is -0.0103. The molecule has 1 aromatic heterocycles. The van der Waals surface area contributed by atoms with E-state index in [4.69, 9.17) is 10.5 Å². The Labute approximate surface area is 116 Å². The molecule has 0 saturated heterocycles. The number of rotatable bonds is 5. The summed E-state index contributed by atoms with van der Waals surface area (Å²) in [6.07, 6.45) is 1.51. The molecule has 1 aromatic carbocycles. The molecule has 0 saturated carbocycles. The first-order chi connectivity index (χ1) is 9.53. The van der Waals surface area contributed by atoms with E-state index >= 15 is 0 Å². The first kappa shape index (κ1) is 14.2. The predicted octanol–water partition coefficient (Wildman–Crippen LogP) is 0.546. The van der Waals surface area contributed by atoms with Crippen LogP contribution in [0.15, 0.2) is 41.4 Å². The van der Waals surface area contributed by atoms with Crippen LogP contribution in [0.4, 0.5) is 5.69 Å². The van der Waals surface area contributed by atoms with Crippen molar-refractivity contribution in [3.05, 3.63) is 42.2 Å². The van der Waals surface area contributed by atoms with Crippen molar-refractivity contribution in [3.8, 4) is 5.75 Å². The largest absolute Gasteiger partial charge is 0.495 e. The maximum atomic E-state index is 12.2. The predicted molar refractivity (Wildman–Crippen MR) is 73.5 cm³/mol. The Kier molecular flexibility index (Phi) is 4.16. The van der Waals surface area contributed by atoms with Gasteiger partial charge in [-0.2, -0.15) is 10.2 Å². The molecule has 0 radical (unpaired) electrons. The Morgan fingerprint density at radius 2 is 2.15 bits per heavy atom. The van der Waals surface area contributed by atoms with Crippen molar-refractivity contribution in [1.29, 1.82) is 0 Å². The second-order valence-electron chi connectivity index (χ2n) is 3.95. The van der Waals surface area contributed by atoms with E-state index in [2.05, 4.69) is 14.9 Å². The maximum Gasteiger partial charge on any atom is 0.244 e. The highest BCUT2D eigenvalue weighted by molar-refractivity contribution is 7.89. The van der Waals surface area contributed by atoms with Gasteiger partial charge in [-0.3, -0.25) is 0 Å². The zero-order valence-electron chi connectivity index (χ0n) is 10.8. The molecule has 20 heavy (non-hydrogen) atoms. The number of methoxy groups -OCH3 is 1. The minimum atomic E-state index is -3.75. The number of hydrogen-bond donors (Lipinski definition) is 2. The summed E-state index contributed by atoms with van der Waals surface area (Å²) in [5.74, 6) is 0.228. The molecular formula is C12H14N4O3S. The van der Waals surface area contributed by atoms with Crippen LogP contribution in [0, 0.1) is 0 Å². The van der Waals surface area contributed by atoms with E-state index in [1.165, 1.54) is 25.4 Å². The highest BCUT2D eigenvalue weighted by Gasteiger charge is 2.19. The number of hydrogen-bond acceptors (Lipinski definition) is 6. The SMILES string of the molecule is COc1ccc(N)cc1S(=O)(=O)NCc1cccnn1. The minimum absolute atomic E-state index is 0.0103. The van der Waals surface area contributed by atoms with Crippen LogP contribution < -0.4 is 15.2 Å². The fraction of sp³-hybridized carbons (Fsp3) is 0.167. The Morgan fingerprint density at radius 3 is 2.80 bits per heavy atom. The minimum Gasteiger partial charge on any atom is -0.495 e. The van der Waals surface area contributed by atoms with Crippen LogP contribution in [0.5, 0.6) is 5.75 Å². The van der Waals surface area contributed by atoms with Crippen molar-refractivity contribution >= 4 is 15.7 Å². The molecule has 0 amide bonds. The van der Waals surface area contributed by atoms with E-state index in [0.717, 1.165) is 0 Å². The van der Waals surface area contributed by atoms with Crippen LogP contribution in [-0.4, -0.2) is 25.7 Å². The molecule has 0 aliphatic rings. The van der Waals surface area contributed by atoms with Crippen molar-refractivity contribution < 1.29 is 13.2 Å². The number of aromatic nitrogens is 2. The maximum absolute atomic E-state index is 12.2. The second kappa shape index (κ2) is 5.85. The highest BCUT2D eigenvalue weighted by Crippen LogP contribution is 2.25. The molecule has 8 heteroatoms. The average Bonchev–Trinajstić information content (AvgIpc) is 2.46. The topological polar surface area (TPSA) is 107 Å². The number of benzene rings is 1.